The fourth-order valence-electron chi connectivity index (χ4n) is 1.37. The summed E-state index contributed by atoms with van der Waals surface area (Å²) in [5.41, 5.74) is 1.65. The number of carbonyl (C=O) groups is 1. The summed E-state index contributed by atoms with van der Waals surface area (Å²) in [7, 11) is 0. The fourth-order valence-corrected chi connectivity index (χ4v) is 1.66. The summed E-state index contributed by atoms with van der Waals surface area (Å²) in [6, 6.07) is 3.29. The van der Waals surface area contributed by atoms with E-state index in [9.17, 15) is 4.79 Å². The number of aromatic nitrogens is 2. The molecule has 0 unspecified atom stereocenters. The zero-order chi connectivity index (χ0) is 13.1. The van der Waals surface area contributed by atoms with Gasteiger partial charge in [-0.3, -0.25) is 9.78 Å². The number of amides is 1. The number of pyridine rings is 2. The van der Waals surface area contributed by atoms with Crippen molar-refractivity contribution in [2.75, 3.05) is 5.32 Å². The maximum absolute atomic E-state index is 11.9. The van der Waals surface area contributed by atoms with Crippen molar-refractivity contribution >= 4 is 34.8 Å². The van der Waals surface area contributed by atoms with Gasteiger partial charge in [-0.2, -0.15) is 0 Å². The fraction of sp³-hybridized carbons (Fsp3) is 0.0833. The van der Waals surface area contributed by atoms with Crippen LogP contribution >= 0.6 is 23.2 Å². The molecule has 0 aliphatic carbocycles. The Morgan fingerprint density at radius 3 is 2.78 bits per heavy atom. The van der Waals surface area contributed by atoms with E-state index >= 15 is 0 Å². The Hall–Kier alpha value is -1.65. The van der Waals surface area contributed by atoms with E-state index in [1.165, 1.54) is 18.6 Å². The molecule has 0 atom stereocenters. The van der Waals surface area contributed by atoms with Crippen LogP contribution in [-0.4, -0.2) is 15.9 Å². The van der Waals surface area contributed by atoms with Gasteiger partial charge < -0.3 is 5.32 Å². The van der Waals surface area contributed by atoms with Crippen LogP contribution in [0, 0.1) is 6.92 Å². The second-order valence-corrected chi connectivity index (χ2v) is 4.41. The van der Waals surface area contributed by atoms with E-state index in [-0.39, 0.29) is 5.91 Å². The molecule has 2 aromatic rings. The Kier molecular flexibility index (Phi) is 3.79. The first kappa shape index (κ1) is 12.8. The van der Waals surface area contributed by atoms with Crippen molar-refractivity contribution in [1.82, 2.24) is 9.97 Å². The highest BCUT2D eigenvalue weighted by Gasteiger charge is 2.11. The van der Waals surface area contributed by atoms with E-state index in [0.29, 0.717) is 21.4 Å². The average molecular weight is 282 g/mol. The van der Waals surface area contributed by atoms with Crippen molar-refractivity contribution in [3.05, 3.63) is 52.0 Å². The third-order valence-corrected chi connectivity index (χ3v) is 3.01. The molecule has 0 spiro atoms. The number of hydrogen-bond donors (Lipinski definition) is 1. The van der Waals surface area contributed by atoms with Crippen LogP contribution < -0.4 is 5.32 Å². The summed E-state index contributed by atoms with van der Waals surface area (Å²) in [6.45, 7) is 1.81. The van der Waals surface area contributed by atoms with E-state index in [1.807, 2.05) is 6.92 Å². The monoisotopic (exact) mass is 281 g/mol. The van der Waals surface area contributed by atoms with E-state index < -0.39 is 0 Å². The molecule has 2 aromatic heterocycles. The van der Waals surface area contributed by atoms with Crippen LogP contribution in [0.15, 0.2) is 30.7 Å². The lowest BCUT2D eigenvalue weighted by Crippen LogP contribution is -2.13. The first-order valence-electron chi connectivity index (χ1n) is 5.11. The molecule has 0 aliphatic heterocycles. The summed E-state index contributed by atoms with van der Waals surface area (Å²) >= 11 is 11.7. The smallest absolute Gasteiger partial charge is 0.258 e. The quantitative estimate of drug-likeness (QED) is 0.859. The summed E-state index contributed by atoms with van der Waals surface area (Å²) in [4.78, 5) is 19.7. The van der Waals surface area contributed by atoms with Gasteiger partial charge in [0.1, 0.15) is 5.15 Å². The number of rotatable bonds is 2. The Balaban J connectivity index is 2.22. The molecule has 2 rings (SSSR count). The third kappa shape index (κ3) is 2.78. The van der Waals surface area contributed by atoms with Crippen LogP contribution in [0.25, 0.3) is 0 Å². The summed E-state index contributed by atoms with van der Waals surface area (Å²) in [5, 5.41) is 3.44. The maximum Gasteiger partial charge on any atom is 0.258 e. The normalized spacial score (nSPS) is 10.2. The van der Waals surface area contributed by atoms with Gasteiger partial charge in [-0.1, -0.05) is 23.2 Å². The van der Waals surface area contributed by atoms with Crippen LogP contribution in [0.5, 0.6) is 0 Å². The van der Waals surface area contributed by atoms with Gasteiger partial charge in [-0.05, 0) is 24.6 Å². The molecule has 0 fully saturated rings. The molecule has 2 heterocycles. The molecule has 0 aliphatic rings. The SMILES string of the molecule is Cc1cc(NC(=O)c2cnccc2Cl)cnc1Cl. The molecule has 6 heteroatoms. The van der Waals surface area contributed by atoms with Crippen LogP contribution in [0.1, 0.15) is 15.9 Å². The Labute approximate surface area is 114 Å². The molecule has 0 saturated heterocycles. The zero-order valence-electron chi connectivity index (χ0n) is 9.45. The minimum Gasteiger partial charge on any atom is -0.320 e. The molecule has 92 valence electrons. The largest absolute Gasteiger partial charge is 0.320 e. The van der Waals surface area contributed by atoms with Gasteiger partial charge in [0, 0.05) is 12.4 Å². The van der Waals surface area contributed by atoms with E-state index in [0.717, 1.165) is 5.56 Å². The highest BCUT2D eigenvalue weighted by Crippen LogP contribution is 2.18. The molecule has 0 bridgehead atoms. The lowest BCUT2D eigenvalue weighted by atomic mass is 10.2. The summed E-state index contributed by atoms with van der Waals surface area (Å²) in [5.74, 6) is -0.336. The minimum absolute atomic E-state index is 0.312. The zero-order valence-corrected chi connectivity index (χ0v) is 11.0. The number of nitrogens with one attached hydrogen (secondary N) is 1. The van der Waals surface area contributed by atoms with Gasteiger partial charge in [0.05, 0.1) is 22.5 Å². The first-order chi connectivity index (χ1) is 8.58. The van der Waals surface area contributed by atoms with Crippen LogP contribution in [-0.2, 0) is 0 Å². The number of aryl methyl sites for hydroxylation is 1. The minimum atomic E-state index is -0.336. The molecule has 4 nitrogen and oxygen atoms in total. The maximum atomic E-state index is 11.9. The average Bonchev–Trinajstić information content (AvgIpc) is 2.34. The van der Waals surface area contributed by atoms with Crippen molar-refractivity contribution < 1.29 is 4.79 Å². The van der Waals surface area contributed by atoms with Gasteiger partial charge in [0.2, 0.25) is 0 Å². The van der Waals surface area contributed by atoms with Crippen molar-refractivity contribution in [3.8, 4) is 0 Å². The van der Waals surface area contributed by atoms with Crippen molar-refractivity contribution in [2.24, 2.45) is 0 Å². The number of carbonyl (C=O) groups excluding carboxylic acids is 1. The Bertz CT molecular complexity index is 602. The summed E-state index contributed by atoms with van der Waals surface area (Å²) in [6.07, 6.45) is 4.42. The molecule has 1 amide bonds. The number of anilines is 1. The third-order valence-electron chi connectivity index (χ3n) is 2.28. The van der Waals surface area contributed by atoms with Crippen LogP contribution in [0.3, 0.4) is 0 Å². The standard InChI is InChI=1S/C12H9Cl2N3O/c1-7-4-8(5-16-11(7)14)17-12(18)9-6-15-3-2-10(9)13/h2-6H,1H3,(H,17,18). The van der Waals surface area contributed by atoms with Crippen LogP contribution in [0.4, 0.5) is 5.69 Å². The number of nitrogens with zero attached hydrogens (tertiary/aromatic N) is 2. The molecule has 1 N–H and O–H groups in total. The predicted octanol–water partition coefficient (Wildman–Crippen LogP) is 3.34. The predicted molar refractivity (Wildman–Crippen MR) is 71.2 cm³/mol. The van der Waals surface area contributed by atoms with Gasteiger partial charge in [0.25, 0.3) is 5.91 Å². The molecular weight excluding hydrogens is 273 g/mol. The molecule has 0 saturated carbocycles. The second-order valence-electron chi connectivity index (χ2n) is 3.64. The Morgan fingerprint density at radius 2 is 2.11 bits per heavy atom. The molecule has 0 radical (unpaired) electrons. The van der Waals surface area contributed by atoms with Gasteiger partial charge >= 0.3 is 0 Å². The van der Waals surface area contributed by atoms with E-state index in [4.69, 9.17) is 23.2 Å². The molecule has 0 aromatic carbocycles. The van der Waals surface area contributed by atoms with Gasteiger partial charge in [-0.25, -0.2) is 4.98 Å². The highest BCUT2D eigenvalue weighted by atomic mass is 35.5. The van der Waals surface area contributed by atoms with E-state index in [1.54, 1.807) is 12.1 Å². The first-order valence-corrected chi connectivity index (χ1v) is 5.86. The Morgan fingerprint density at radius 1 is 1.33 bits per heavy atom. The molecular formula is C12H9Cl2N3O. The van der Waals surface area contributed by atoms with E-state index in [2.05, 4.69) is 15.3 Å². The van der Waals surface area contributed by atoms with Gasteiger partial charge in [-0.15, -0.1) is 0 Å². The van der Waals surface area contributed by atoms with Crippen molar-refractivity contribution in [2.45, 2.75) is 6.92 Å². The lowest BCUT2D eigenvalue weighted by molar-refractivity contribution is 0.102. The second kappa shape index (κ2) is 5.33. The summed E-state index contributed by atoms with van der Waals surface area (Å²) < 4.78 is 0. The van der Waals surface area contributed by atoms with Crippen molar-refractivity contribution in [3.63, 3.8) is 0 Å². The lowest BCUT2D eigenvalue weighted by Gasteiger charge is -2.07. The topological polar surface area (TPSA) is 54.9 Å². The molecule has 18 heavy (non-hydrogen) atoms. The van der Waals surface area contributed by atoms with Gasteiger partial charge in [0.15, 0.2) is 0 Å². The van der Waals surface area contributed by atoms with Crippen LogP contribution in [0.2, 0.25) is 10.2 Å². The highest BCUT2D eigenvalue weighted by molar-refractivity contribution is 6.34. The number of halogens is 2. The van der Waals surface area contributed by atoms with Crippen molar-refractivity contribution in [1.29, 1.82) is 0 Å². The number of hydrogen-bond acceptors (Lipinski definition) is 3.